The summed E-state index contributed by atoms with van der Waals surface area (Å²) in [7, 11) is 5.87. The first-order chi connectivity index (χ1) is 59.2. The number of ether oxygens (including phenoxy) is 2. The molecule has 650 valence electrons. The Morgan fingerprint density at radius 2 is 0.820 bits per heavy atom. The molecule has 0 spiro atoms. The molecule has 20 nitrogen and oxygen atoms in total. The molecule has 7 aliphatic rings. The number of aliphatic imine (C=N–C) groups is 6. The summed E-state index contributed by atoms with van der Waals surface area (Å²) in [6.45, 7) is 24.5. The SMILES string of the molecule is CC(C)N=C(NC(C)C)NC(C)C.CC(C)N=C(NC(C)C)NC12CC3CC(CC(C3)C1)C2.CN(C)C(=NC1CCCCC1)NC1CCCCC1.COc1ccc(N=C(Nc2ccccc2)Nc2ccccc2)cc1.c1ccc(N=C(Nc2ccccc2)N2CCOCC2)cc1.c1ccc(NC(=Nc2cccc3ccccc23)Nc2ccccc2)cc1. The monoisotopic (exact) mass is 1650 g/mol. The van der Waals surface area contributed by atoms with Gasteiger partial charge in [0.25, 0.3) is 0 Å². The second-order valence-corrected chi connectivity index (χ2v) is 34.4. The van der Waals surface area contributed by atoms with Crippen molar-refractivity contribution in [1.82, 2.24) is 36.4 Å². The Hall–Kier alpha value is -11.4. The normalized spacial score (nSPS) is 18.1. The standard InChI is InChI=1S/C23H19N3.C20H19N3O.C17H19N3O.C17H31N3.C15H29N3.C10H23N3/c1-3-12-19(13-4-1)24-23(25-20-14-5-2-6-15-20)26-22-17-9-11-18-10-7-8-16-21(18)22;1-24-19-14-12-18(13-15-19)23-20(21-16-8-4-2-5-9-16)22-17-10-6-3-7-11-17;1-3-7-15(8-4-1)18-17(20-11-13-21-14-12-20)19-16-9-5-2-6-10-16;1-11(2)18-16(19-12(3)4)20-17-8-13-5-14(9-17)7-15(6-13)10-17;1-18(2)15(16-13-9-5-3-6-10-13)17-14-11-7-4-8-12-14;1-7(2)11-10(12-8(3)4)13-9(5)6/h1-17H,(H2,24,25,26);2-15H,1H3,(H2,21,22,23);1-10H,11-14H2,(H,18,19);11-15H,5-10H2,1-4H3,(H2,18,19,20);13-14H,3-12H2,1-2H3,(H,16,17);7-9H,1-6H3,(H2,11,12,13). The van der Waals surface area contributed by atoms with Gasteiger partial charge in [0, 0.05) is 103 Å². The van der Waals surface area contributed by atoms with Gasteiger partial charge in [-0.3, -0.25) is 9.98 Å². The van der Waals surface area contributed by atoms with Crippen LogP contribution in [0.5, 0.6) is 5.75 Å². The van der Waals surface area contributed by atoms with Crippen LogP contribution in [0.3, 0.4) is 0 Å². The van der Waals surface area contributed by atoms with E-state index >= 15 is 0 Å². The summed E-state index contributed by atoms with van der Waals surface area (Å²) in [6, 6.07) is 85.3. The van der Waals surface area contributed by atoms with Crippen molar-refractivity contribution in [2.45, 2.75) is 220 Å². The Bertz CT molecular complexity index is 4480. The number of para-hydroxylation sites is 6. The van der Waals surface area contributed by atoms with Gasteiger partial charge in [0.05, 0.1) is 43.4 Å². The van der Waals surface area contributed by atoms with Gasteiger partial charge in [-0.25, -0.2) is 20.0 Å². The summed E-state index contributed by atoms with van der Waals surface area (Å²) in [5, 5.41) is 36.7. The van der Waals surface area contributed by atoms with Crippen molar-refractivity contribution in [1.29, 1.82) is 0 Å². The van der Waals surface area contributed by atoms with Crippen molar-refractivity contribution in [2.24, 2.45) is 47.7 Å². The molecule has 7 fully saturated rings. The molecule has 9 aromatic carbocycles. The zero-order chi connectivity index (χ0) is 86.1. The molecule has 0 radical (unpaired) electrons. The minimum atomic E-state index is 0.326. The lowest BCUT2D eigenvalue weighted by atomic mass is 9.53. The van der Waals surface area contributed by atoms with Crippen molar-refractivity contribution >= 4 is 92.0 Å². The second kappa shape index (κ2) is 50.1. The van der Waals surface area contributed by atoms with Crippen LogP contribution in [0.4, 0.5) is 45.5 Å². The van der Waals surface area contributed by atoms with E-state index in [9.17, 15) is 0 Å². The molecule has 1 saturated heterocycles. The van der Waals surface area contributed by atoms with Crippen molar-refractivity contribution in [3.63, 3.8) is 0 Å². The van der Waals surface area contributed by atoms with Gasteiger partial charge in [0.2, 0.25) is 17.9 Å². The van der Waals surface area contributed by atoms with Crippen molar-refractivity contribution in [3.8, 4) is 5.75 Å². The van der Waals surface area contributed by atoms with Crippen LogP contribution in [-0.2, 0) is 4.74 Å². The fourth-order valence-electron chi connectivity index (χ4n) is 16.4. The zero-order valence-corrected chi connectivity index (χ0v) is 75.0. The molecule has 122 heavy (non-hydrogen) atoms. The zero-order valence-electron chi connectivity index (χ0n) is 75.0. The number of fused-ring (bicyclic) bond motifs is 1. The number of methoxy groups -OCH3 is 1. The molecule has 20 heteroatoms. The molecular weight excluding hydrogens is 1510 g/mol. The Morgan fingerprint density at radius 1 is 0.418 bits per heavy atom. The van der Waals surface area contributed by atoms with Crippen LogP contribution in [-0.4, -0.2) is 141 Å². The predicted molar refractivity (Wildman–Crippen MR) is 519 cm³/mol. The number of nitrogens with zero attached hydrogens (tertiary/aromatic N) is 8. The Balaban J connectivity index is 0.000000155. The van der Waals surface area contributed by atoms with E-state index < -0.39 is 0 Å². The molecule has 10 N–H and O–H groups in total. The fourth-order valence-corrected chi connectivity index (χ4v) is 16.4. The van der Waals surface area contributed by atoms with Gasteiger partial charge >= 0.3 is 0 Å². The fraction of sp³-hybridized carbons (Fsp3) is 0.431. The highest BCUT2D eigenvalue weighted by atomic mass is 16.5. The third-order valence-corrected chi connectivity index (χ3v) is 21.5. The molecule has 16 rings (SSSR count). The van der Waals surface area contributed by atoms with Gasteiger partial charge in [-0.15, -0.1) is 0 Å². The van der Waals surface area contributed by atoms with Gasteiger partial charge in [0.1, 0.15) is 5.75 Å². The molecule has 6 aliphatic carbocycles. The van der Waals surface area contributed by atoms with Gasteiger partial charge in [0.15, 0.2) is 17.9 Å². The van der Waals surface area contributed by atoms with E-state index in [0.29, 0.717) is 59.8 Å². The molecular formula is C102H140N18O2. The van der Waals surface area contributed by atoms with Crippen LogP contribution in [0.25, 0.3) is 10.8 Å². The molecule has 0 amide bonds. The first kappa shape index (κ1) is 92.9. The highest BCUT2D eigenvalue weighted by Crippen LogP contribution is 2.55. The molecule has 0 aromatic heterocycles. The Labute approximate surface area is 729 Å². The molecule has 0 atom stereocenters. The third-order valence-electron chi connectivity index (χ3n) is 21.5. The number of morpholine rings is 1. The van der Waals surface area contributed by atoms with E-state index in [0.717, 1.165) is 125 Å². The maximum Gasteiger partial charge on any atom is 0.205 e. The predicted octanol–water partition coefficient (Wildman–Crippen LogP) is 22.3. The molecule has 1 aliphatic heterocycles. The van der Waals surface area contributed by atoms with Crippen LogP contribution >= 0.6 is 0 Å². The van der Waals surface area contributed by atoms with Crippen molar-refractivity contribution < 1.29 is 9.47 Å². The maximum absolute atomic E-state index is 5.43. The smallest absolute Gasteiger partial charge is 0.205 e. The average molecular weight is 1650 g/mol. The number of guanidine groups is 6. The number of hydrogen-bond donors (Lipinski definition) is 10. The largest absolute Gasteiger partial charge is 0.497 e. The van der Waals surface area contributed by atoms with Gasteiger partial charge < -0.3 is 72.4 Å². The summed E-state index contributed by atoms with van der Waals surface area (Å²) in [5.74, 6) is 9.01. The summed E-state index contributed by atoms with van der Waals surface area (Å²) >= 11 is 0. The molecule has 6 saturated carbocycles. The number of benzene rings is 9. The van der Waals surface area contributed by atoms with Crippen LogP contribution in [0.15, 0.2) is 279 Å². The van der Waals surface area contributed by atoms with Crippen molar-refractivity contribution in [2.75, 3.05) is 74.1 Å². The number of anilines is 5. The van der Waals surface area contributed by atoms with Crippen LogP contribution in [0.1, 0.15) is 172 Å². The molecule has 0 unspecified atom stereocenters. The van der Waals surface area contributed by atoms with Crippen molar-refractivity contribution in [3.05, 3.63) is 249 Å². The second-order valence-electron chi connectivity index (χ2n) is 34.4. The van der Waals surface area contributed by atoms with Crippen LogP contribution in [0, 0.1) is 17.8 Å². The maximum atomic E-state index is 5.43. The summed E-state index contributed by atoms with van der Waals surface area (Å²) < 4.78 is 10.6. The Kier molecular flexibility index (Phi) is 38.2. The average Bonchev–Trinajstić information content (AvgIpc) is 0.747. The van der Waals surface area contributed by atoms with Crippen LogP contribution < -0.4 is 57.9 Å². The van der Waals surface area contributed by atoms with E-state index in [1.165, 1.54) is 108 Å². The topological polar surface area (TPSA) is 219 Å². The summed E-state index contributed by atoms with van der Waals surface area (Å²) in [4.78, 5) is 32.9. The number of hydrogen-bond acceptors (Lipinski definition) is 8. The molecule has 9 aromatic rings. The van der Waals surface area contributed by atoms with Gasteiger partial charge in [-0.2, -0.15) is 0 Å². The Morgan fingerprint density at radius 3 is 1.27 bits per heavy atom. The minimum absolute atomic E-state index is 0.326. The lowest BCUT2D eigenvalue weighted by Gasteiger charge is -2.57. The molecule has 4 bridgehead atoms. The highest BCUT2D eigenvalue weighted by molar-refractivity contribution is 6.07. The van der Waals surface area contributed by atoms with E-state index in [1.807, 2.05) is 231 Å². The van der Waals surface area contributed by atoms with E-state index in [1.54, 1.807) is 7.11 Å². The van der Waals surface area contributed by atoms with Crippen LogP contribution in [0.2, 0.25) is 0 Å². The lowest BCUT2D eigenvalue weighted by Crippen LogP contribution is -2.62. The van der Waals surface area contributed by atoms with E-state index in [2.05, 4.69) is 174 Å². The van der Waals surface area contributed by atoms with Gasteiger partial charge in [-0.1, -0.05) is 184 Å². The summed E-state index contributed by atoms with van der Waals surface area (Å²) in [6.07, 6.45) is 22.1. The van der Waals surface area contributed by atoms with E-state index in [-0.39, 0.29) is 0 Å². The van der Waals surface area contributed by atoms with E-state index in [4.69, 9.17) is 29.4 Å². The first-order valence-corrected chi connectivity index (χ1v) is 44.9. The summed E-state index contributed by atoms with van der Waals surface area (Å²) in [5.41, 5.74) is 7.99. The number of rotatable bonds is 17. The quantitative estimate of drug-likeness (QED) is 0.0303. The number of nitrogens with one attached hydrogen (secondary N) is 10. The minimum Gasteiger partial charge on any atom is -0.497 e. The van der Waals surface area contributed by atoms with Gasteiger partial charge in [-0.05, 0) is 260 Å². The highest BCUT2D eigenvalue weighted by Gasteiger charge is 2.51. The third kappa shape index (κ3) is 33.6. The first-order valence-electron chi connectivity index (χ1n) is 44.9. The molecule has 1 heterocycles. The lowest BCUT2D eigenvalue weighted by molar-refractivity contribution is -0.0106.